The van der Waals surface area contributed by atoms with Crippen molar-refractivity contribution in [3.05, 3.63) is 59.7 Å². The van der Waals surface area contributed by atoms with Gasteiger partial charge >= 0.3 is 5.97 Å². The van der Waals surface area contributed by atoms with E-state index in [1.807, 2.05) is 48.5 Å². The molecule has 182 valence electrons. The van der Waals surface area contributed by atoms with E-state index >= 15 is 0 Å². The van der Waals surface area contributed by atoms with Crippen LogP contribution >= 0.6 is 11.8 Å². The zero-order valence-corrected chi connectivity index (χ0v) is 20.4. The van der Waals surface area contributed by atoms with E-state index in [0.717, 1.165) is 48.6 Å². The number of thioether (sulfide) groups is 1. The summed E-state index contributed by atoms with van der Waals surface area (Å²) in [7, 11) is 1.59. The first-order chi connectivity index (χ1) is 16.5. The number of hydrogen-bond donors (Lipinski definition) is 1. The highest BCUT2D eigenvalue weighted by molar-refractivity contribution is 8.15. The molecule has 8 heteroatoms. The second kappa shape index (κ2) is 13.0. The summed E-state index contributed by atoms with van der Waals surface area (Å²) in [4.78, 5) is 35.6. The van der Waals surface area contributed by atoms with Crippen LogP contribution in [0.15, 0.2) is 48.5 Å². The summed E-state index contributed by atoms with van der Waals surface area (Å²) in [6.45, 7) is 2.29. The normalized spacial score (nSPS) is 16.1. The van der Waals surface area contributed by atoms with Crippen molar-refractivity contribution in [2.45, 2.75) is 56.8 Å². The van der Waals surface area contributed by atoms with Gasteiger partial charge in [-0.25, -0.2) is 0 Å². The summed E-state index contributed by atoms with van der Waals surface area (Å²) in [5.41, 5.74) is 1.73. The molecule has 1 saturated heterocycles. The maximum Gasteiger partial charge on any atom is 0.306 e. The number of benzene rings is 2. The van der Waals surface area contributed by atoms with Crippen molar-refractivity contribution in [3.63, 3.8) is 0 Å². The first kappa shape index (κ1) is 25.6. The van der Waals surface area contributed by atoms with Gasteiger partial charge in [-0.05, 0) is 48.2 Å². The molecule has 1 heterocycles. The first-order valence-corrected chi connectivity index (χ1v) is 12.4. The monoisotopic (exact) mass is 485 g/mol. The Kier molecular flexibility index (Phi) is 9.82. The minimum Gasteiger partial charge on any atom is -0.497 e. The summed E-state index contributed by atoms with van der Waals surface area (Å²) < 4.78 is 17.0. The molecule has 0 spiro atoms. The molecule has 1 aliphatic heterocycles. The van der Waals surface area contributed by atoms with Gasteiger partial charge in [0.15, 0.2) is 6.10 Å². The number of methoxy groups -OCH3 is 1. The number of imide groups is 1. The van der Waals surface area contributed by atoms with Crippen LogP contribution in [0.1, 0.15) is 56.3 Å². The SMILES string of the molecule is CCCCCCC(=O)O[C@H](COc1ccc(CC2SC(=O)NC2=O)cc1)c1cccc(OC)c1. The van der Waals surface area contributed by atoms with Crippen LogP contribution in [0.2, 0.25) is 0 Å². The zero-order valence-electron chi connectivity index (χ0n) is 19.6. The molecule has 0 saturated carbocycles. The molecule has 0 radical (unpaired) electrons. The Morgan fingerprint density at radius 2 is 1.85 bits per heavy atom. The molecule has 0 bridgehead atoms. The lowest BCUT2D eigenvalue weighted by Gasteiger charge is -2.20. The van der Waals surface area contributed by atoms with Gasteiger partial charge in [-0.2, -0.15) is 0 Å². The maximum atomic E-state index is 12.4. The van der Waals surface area contributed by atoms with E-state index in [0.29, 0.717) is 24.3 Å². The maximum absolute atomic E-state index is 12.4. The molecule has 1 unspecified atom stereocenters. The number of nitrogens with one attached hydrogen (secondary N) is 1. The number of hydrogen-bond acceptors (Lipinski definition) is 7. The van der Waals surface area contributed by atoms with Crippen molar-refractivity contribution in [1.29, 1.82) is 0 Å². The first-order valence-electron chi connectivity index (χ1n) is 11.5. The largest absolute Gasteiger partial charge is 0.497 e. The van der Waals surface area contributed by atoms with E-state index in [4.69, 9.17) is 14.2 Å². The summed E-state index contributed by atoms with van der Waals surface area (Å²) in [6.07, 6.45) is 4.30. The average molecular weight is 486 g/mol. The summed E-state index contributed by atoms with van der Waals surface area (Å²) >= 11 is 1.01. The predicted octanol–water partition coefficient (Wildman–Crippen LogP) is 5.22. The van der Waals surface area contributed by atoms with Crippen LogP contribution in [0.5, 0.6) is 11.5 Å². The van der Waals surface area contributed by atoms with Crippen LogP contribution in [0.3, 0.4) is 0 Å². The van der Waals surface area contributed by atoms with Crippen LogP contribution < -0.4 is 14.8 Å². The average Bonchev–Trinajstić information content (AvgIpc) is 3.16. The highest BCUT2D eigenvalue weighted by Gasteiger charge is 2.31. The molecule has 1 N–H and O–H groups in total. The summed E-state index contributed by atoms with van der Waals surface area (Å²) in [5, 5.41) is 1.58. The number of carbonyl (C=O) groups is 3. The van der Waals surface area contributed by atoms with E-state index in [-0.39, 0.29) is 23.7 Å². The number of unbranched alkanes of at least 4 members (excludes halogenated alkanes) is 3. The van der Waals surface area contributed by atoms with Crippen LogP contribution in [0.4, 0.5) is 4.79 Å². The molecule has 7 nitrogen and oxygen atoms in total. The van der Waals surface area contributed by atoms with E-state index in [2.05, 4.69) is 12.2 Å². The molecule has 0 aliphatic carbocycles. The molecule has 34 heavy (non-hydrogen) atoms. The van der Waals surface area contributed by atoms with Crippen molar-refractivity contribution < 1.29 is 28.6 Å². The molecule has 0 aromatic heterocycles. The van der Waals surface area contributed by atoms with Gasteiger partial charge in [-0.3, -0.25) is 19.7 Å². The molecule has 2 aromatic rings. The Balaban J connectivity index is 1.60. The molecular weight excluding hydrogens is 454 g/mol. The summed E-state index contributed by atoms with van der Waals surface area (Å²) in [6, 6.07) is 14.8. The van der Waals surface area contributed by atoms with Gasteiger partial charge in [-0.15, -0.1) is 0 Å². The number of esters is 1. The Morgan fingerprint density at radius 1 is 1.06 bits per heavy atom. The minimum absolute atomic E-state index is 0.155. The number of ether oxygens (including phenoxy) is 3. The third-order valence-corrected chi connectivity index (χ3v) is 6.47. The van der Waals surface area contributed by atoms with Crippen LogP contribution in [-0.2, 0) is 20.7 Å². The fraction of sp³-hybridized carbons (Fsp3) is 0.423. The minimum atomic E-state index is -0.571. The molecule has 2 atom stereocenters. The Morgan fingerprint density at radius 3 is 2.53 bits per heavy atom. The standard InChI is InChI=1S/C26H31NO6S/c1-3-4-5-6-10-24(28)33-22(19-8-7-9-21(16-19)31-2)17-32-20-13-11-18(12-14-20)15-23-25(29)27-26(30)34-23/h7-9,11-14,16,22-23H,3-6,10,15,17H2,1-2H3,(H,27,29,30)/t22-,23?/m1/s1. The van der Waals surface area contributed by atoms with Gasteiger partial charge in [0.05, 0.1) is 12.4 Å². The highest BCUT2D eigenvalue weighted by atomic mass is 32.2. The van der Waals surface area contributed by atoms with E-state index < -0.39 is 11.4 Å². The second-order valence-corrected chi connectivity index (χ2v) is 9.28. The van der Waals surface area contributed by atoms with Gasteiger partial charge in [0.25, 0.3) is 5.24 Å². The number of carbonyl (C=O) groups excluding carboxylic acids is 3. The van der Waals surface area contributed by atoms with Crippen molar-refractivity contribution in [1.82, 2.24) is 5.32 Å². The number of rotatable bonds is 13. The van der Waals surface area contributed by atoms with Crippen LogP contribution in [0, 0.1) is 0 Å². The quantitative estimate of drug-likeness (QED) is 0.307. The third-order valence-electron chi connectivity index (χ3n) is 5.49. The molecule has 2 amide bonds. The predicted molar refractivity (Wildman–Crippen MR) is 131 cm³/mol. The lowest BCUT2D eigenvalue weighted by molar-refractivity contribution is -0.151. The van der Waals surface area contributed by atoms with E-state index in [9.17, 15) is 14.4 Å². The fourth-order valence-electron chi connectivity index (χ4n) is 3.59. The third kappa shape index (κ3) is 7.80. The second-order valence-electron chi connectivity index (χ2n) is 8.11. The van der Waals surface area contributed by atoms with Gasteiger partial charge in [0, 0.05) is 6.42 Å². The van der Waals surface area contributed by atoms with Gasteiger partial charge < -0.3 is 14.2 Å². The van der Waals surface area contributed by atoms with Crippen molar-refractivity contribution in [2.75, 3.05) is 13.7 Å². The lowest BCUT2D eigenvalue weighted by Crippen LogP contribution is -2.25. The van der Waals surface area contributed by atoms with Crippen LogP contribution in [-0.4, -0.2) is 36.1 Å². The smallest absolute Gasteiger partial charge is 0.306 e. The Labute approximate surface area is 204 Å². The van der Waals surface area contributed by atoms with Crippen molar-refractivity contribution in [2.24, 2.45) is 0 Å². The van der Waals surface area contributed by atoms with Gasteiger partial charge in [-0.1, -0.05) is 62.2 Å². The van der Waals surface area contributed by atoms with Crippen molar-refractivity contribution >= 4 is 28.9 Å². The molecule has 1 aliphatic rings. The van der Waals surface area contributed by atoms with Gasteiger partial charge in [0.2, 0.25) is 5.91 Å². The van der Waals surface area contributed by atoms with Gasteiger partial charge in [0.1, 0.15) is 18.1 Å². The number of amides is 2. The molecular formula is C26H31NO6S. The fourth-order valence-corrected chi connectivity index (χ4v) is 4.45. The van der Waals surface area contributed by atoms with E-state index in [1.165, 1.54) is 0 Å². The summed E-state index contributed by atoms with van der Waals surface area (Å²) in [5.74, 6) is 0.797. The zero-order chi connectivity index (χ0) is 24.3. The molecule has 3 rings (SSSR count). The van der Waals surface area contributed by atoms with Crippen molar-refractivity contribution in [3.8, 4) is 11.5 Å². The molecule has 1 fully saturated rings. The Hall–Kier alpha value is -3.00. The lowest BCUT2D eigenvalue weighted by atomic mass is 10.1. The molecule has 2 aromatic carbocycles. The van der Waals surface area contributed by atoms with Crippen LogP contribution in [0.25, 0.3) is 0 Å². The topological polar surface area (TPSA) is 90.9 Å². The Bertz CT molecular complexity index is 978. The highest BCUT2D eigenvalue weighted by Crippen LogP contribution is 2.26. The van der Waals surface area contributed by atoms with E-state index in [1.54, 1.807) is 7.11 Å².